The van der Waals surface area contributed by atoms with Gasteiger partial charge < -0.3 is 4.84 Å². The lowest BCUT2D eigenvalue weighted by Crippen LogP contribution is -2.08. The van der Waals surface area contributed by atoms with Crippen molar-refractivity contribution in [2.75, 3.05) is 13.7 Å². The largest absolute Gasteiger partial charge is 0.302 e. The van der Waals surface area contributed by atoms with Gasteiger partial charge in [0.15, 0.2) is 0 Å². The summed E-state index contributed by atoms with van der Waals surface area (Å²) in [5.41, 5.74) is 4.98. The summed E-state index contributed by atoms with van der Waals surface area (Å²) in [5, 5.41) is 0. The summed E-state index contributed by atoms with van der Waals surface area (Å²) in [4.78, 5) is 9.23. The number of pyridine rings is 1. The molecule has 0 fully saturated rings. The number of rotatable bonds is 5. The molecule has 0 spiro atoms. The average Bonchev–Trinajstić information content (AvgIpc) is 2.15. The lowest BCUT2D eigenvalue weighted by molar-refractivity contribution is 0.0564. The second-order valence-corrected chi connectivity index (χ2v) is 2.96. The van der Waals surface area contributed by atoms with Gasteiger partial charge in [-0.25, -0.2) is 5.48 Å². The Morgan fingerprint density at radius 1 is 1.46 bits per heavy atom. The first-order chi connectivity index (χ1) is 6.33. The Bertz CT molecular complexity index is 233. The van der Waals surface area contributed by atoms with Crippen LogP contribution in [-0.4, -0.2) is 18.6 Å². The molecule has 0 atom stereocenters. The van der Waals surface area contributed by atoms with Crippen molar-refractivity contribution in [3.63, 3.8) is 0 Å². The van der Waals surface area contributed by atoms with E-state index in [0.717, 1.165) is 25.1 Å². The minimum atomic E-state index is 0.740. The third-order valence-corrected chi connectivity index (χ3v) is 1.83. The molecule has 0 saturated carbocycles. The van der Waals surface area contributed by atoms with Gasteiger partial charge in [-0.2, -0.15) is 0 Å². The van der Waals surface area contributed by atoms with Gasteiger partial charge in [0.2, 0.25) is 0 Å². The molecule has 1 N–H and O–H groups in total. The number of hydroxylamine groups is 1. The third kappa shape index (κ3) is 4.01. The lowest BCUT2D eigenvalue weighted by Gasteiger charge is -2.01. The van der Waals surface area contributed by atoms with Gasteiger partial charge in [0.05, 0.1) is 6.61 Å². The second-order valence-electron chi connectivity index (χ2n) is 2.96. The maximum Gasteiger partial charge on any atom is 0.0685 e. The Labute approximate surface area is 79.1 Å². The highest BCUT2D eigenvalue weighted by Gasteiger charge is 1.93. The summed E-state index contributed by atoms with van der Waals surface area (Å²) < 4.78 is 0. The maximum absolute atomic E-state index is 5.01. The molecule has 0 aromatic carbocycles. The molecule has 0 aliphatic carbocycles. The van der Waals surface area contributed by atoms with Gasteiger partial charge in [0.25, 0.3) is 0 Å². The fourth-order valence-corrected chi connectivity index (χ4v) is 1.10. The van der Waals surface area contributed by atoms with Crippen molar-refractivity contribution < 1.29 is 4.84 Å². The van der Waals surface area contributed by atoms with Crippen LogP contribution in [0.15, 0.2) is 18.3 Å². The first-order valence-electron chi connectivity index (χ1n) is 4.53. The highest BCUT2D eigenvalue weighted by atomic mass is 16.6. The highest BCUT2D eigenvalue weighted by molar-refractivity contribution is 5.12. The van der Waals surface area contributed by atoms with Crippen LogP contribution in [0.5, 0.6) is 0 Å². The molecule has 72 valence electrons. The first kappa shape index (κ1) is 10.2. The number of hydrogen-bond donors (Lipinski definition) is 1. The Kier molecular flexibility index (Phi) is 4.43. The molecule has 1 heterocycles. The van der Waals surface area contributed by atoms with E-state index in [1.165, 1.54) is 5.56 Å². The van der Waals surface area contributed by atoms with Crippen molar-refractivity contribution in [3.05, 3.63) is 29.6 Å². The predicted octanol–water partition coefficient (Wildman–Crippen LogP) is 1.47. The zero-order valence-electron chi connectivity index (χ0n) is 8.21. The number of hydrogen-bond acceptors (Lipinski definition) is 3. The van der Waals surface area contributed by atoms with Crippen molar-refractivity contribution in [1.82, 2.24) is 10.5 Å². The van der Waals surface area contributed by atoms with Gasteiger partial charge in [0, 0.05) is 18.9 Å². The van der Waals surface area contributed by atoms with Crippen LogP contribution in [0.25, 0.3) is 0 Å². The van der Waals surface area contributed by atoms with Gasteiger partial charge in [-0.1, -0.05) is 6.07 Å². The van der Waals surface area contributed by atoms with Crippen molar-refractivity contribution in [2.45, 2.75) is 19.8 Å². The zero-order valence-corrected chi connectivity index (χ0v) is 8.21. The summed E-state index contributed by atoms with van der Waals surface area (Å²) in [6.45, 7) is 2.73. The van der Waals surface area contributed by atoms with Gasteiger partial charge >= 0.3 is 0 Å². The normalized spacial score (nSPS) is 10.3. The molecule has 0 unspecified atom stereocenters. The van der Waals surface area contributed by atoms with Crippen molar-refractivity contribution in [1.29, 1.82) is 0 Å². The van der Waals surface area contributed by atoms with E-state index in [-0.39, 0.29) is 0 Å². The third-order valence-electron chi connectivity index (χ3n) is 1.83. The molecule has 1 rings (SSSR count). The number of nitrogens with one attached hydrogen (secondary N) is 1. The molecule has 0 aliphatic heterocycles. The van der Waals surface area contributed by atoms with Crippen LogP contribution in [0.2, 0.25) is 0 Å². The zero-order chi connectivity index (χ0) is 9.52. The Morgan fingerprint density at radius 3 is 2.92 bits per heavy atom. The van der Waals surface area contributed by atoms with Crippen LogP contribution in [-0.2, 0) is 11.3 Å². The number of aromatic nitrogens is 1. The number of nitrogens with zero attached hydrogens (tertiary/aromatic N) is 1. The van der Waals surface area contributed by atoms with Crippen molar-refractivity contribution in [3.8, 4) is 0 Å². The summed E-state index contributed by atoms with van der Waals surface area (Å²) in [7, 11) is 1.77. The molecular weight excluding hydrogens is 164 g/mol. The number of aryl methyl sites for hydroxylation is 2. The molecule has 0 amide bonds. The molecule has 0 aliphatic rings. The Morgan fingerprint density at radius 2 is 2.31 bits per heavy atom. The maximum atomic E-state index is 5.01. The summed E-state index contributed by atoms with van der Waals surface area (Å²) in [6, 6.07) is 4.15. The molecule has 3 nitrogen and oxygen atoms in total. The molecule has 0 bridgehead atoms. The SMILES string of the molecule is CNOCCCc1ccc(C)nc1. The van der Waals surface area contributed by atoms with E-state index in [9.17, 15) is 0 Å². The fraction of sp³-hybridized carbons (Fsp3) is 0.500. The molecular formula is C10H16N2O. The van der Waals surface area contributed by atoms with Crippen molar-refractivity contribution in [2.24, 2.45) is 0 Å². The van der Waals surface area contributed by atoms with E-state index in [0.29, 0.717) is 0 Å². The van der Waals surface area contributed by atoms with Gasteiger partial charge in [-0.05, 0) is 31.4 Å². The topological polar surface area (TPSA) is 34.1 Å². The van der Waals surface area contributed by atoms with Crippen molar-refractivity contribution >= 4 is 0 Å². The molecule has 0 saturated heterocycles. The van der Waals surface area contributed by atoms with Gasteiger partial charge in [0.1, 0.15) is 0 Å². The second kappa shape index (κ2) is 5.67. The average molecular weight is 180 g/mol. The Balaban J connectivity index is 2.25. The quantitative estimate of drug-likeness (QED) is 0.550. The molecule has 1 aromatic rings. The molecule has 0 radical (unpaired) electrons. The minimum absolute atomic E-state index is 0.740. The van der Waals surface area contributed by atoms with E-state index in [1.54, 1.807) is 7.05 Å². The van der Waals surface area contributed by atoms with Crippen LogP contribution in [0.3, 0.4) is 0 Å². The van der Waals surface area contributed by atoms with E-state index in [4.69, 9.17) is 4.84 Å². The predicted molar refractivity (Wildman–Crippen MR) is 52.3 cm³/mol. The van der Waals surface area contributed by atoms with E-state index in [2.05, 4.69) is 16.5 Å². The van der Waals surface area contributed by atoms with E-state index < -0.39 is 0 Å². The Hall–Kier alpha value is -0.930. The smallest absolute Gasteiger partial charge is 0.0685 e. The molecule has 13 heavy (non-hydrogen) atoms. The van der Waals surface area contributed by atoms with Gasteiger partial charge in [-0.15, -0.1) is 0 Å². The highest BCUT2D eigenvalue weighted by Crippen LogP contribution is 2.02. The van der Waals surface area contributed by atoms with E-state index >= 15 is 0 Å². The standard InChI is InChI=1S/C10H16N2O/c1-9-5-6-10(8-12-9)4-3-7-13-11-2/h5-6,8,11H,3-4,7H2,1-2H3. The fourth-order valence-electron chi connectivity index (χ4n) is 1.10. The molecule has 1 aromatic heterocycles. The first-order valence-corrected chi connectivity index (χ1v) is 4.53. The molecule has 3 heteroatoms. The van der Waals surface area contributed by atoms with Gasteiger partial charge in [-0.3, -0.25) is 4.98 Å². The summed E-state index contributed by atoms with van der Waals surface area (Å²) in [6.07, 6.45) is 3.97. The summed E-state index contributed by atoms with van der Waals surface area (Å²) in [5.74, 6) is 0. The van der Waals surface area contributed by atoms with Crippen LogP contribution in [0.4, 0.5) is 0 Å². The van der Waals surface area contributed by atoms with Crippen LogP contribution < -0.4 is 5.48 Å². The summed E-state index contributed by atoms with van der Waals surface area (Å²) >= 11 is 0. The lowest BCUT2D eigenvalue weighted by atomic mass is 10.1. The van der Waals surface area contributed by atoms with Crippen LogP contribution in [0, 0.1) is 6.92 Å². The van der Waals surface area contributed by atoms with Crippen LogP contribution in [0.1, 0.15) is 17.7 Å². The minimum Gasteiger partial charge on any atom is -0.302 e. The van der Waals surface area contributed by atoms with E-state index in [1.807, 2.05) is 19.2 Å². The van der Waals surface area contributed by atoms with Crippen LogP contribution >= 0.6 is 0 Å². The monoisotopic (exact) mass is 180 g/mol.